The predicted octanol–water partition coefficient (Wildman–Crippen LogP) is 4.50. The largest absolute Gasteiger partial charge is 0.349 e. The molecule has 5 unspecified atom stereocenters. The molecule has 2 nitrogen and oxygen atoms in total. The lowest BCUT2D eigenvalue weighted by Crippen LogP contribution is -2.42. The van der Waals surface area contributed by atoms with Gasteiger partial charge in [-0.15, -0.1) is 0 Å². The molecule has 3 saturated carbocycles. The highest BCUT2D eigenvalue weighted by Gasteiger charge is 2.54. The lowest BCUT2D eigenvalue weighted by Gasteiger charge is -2.32. The number of benzene rings is 1. The van der Waals surface area contributed by atoms with E-state index in [0.29, 0.717) is 16.6 Å². The smallest absolute Gasteiger partial charge is 0.251 e. The molecular weight excluding hydrogens is 397 g/mol. The van der Waals surface area contributed by atoms with Gasteiger partial charge in [0, 0.05) is 15.2 Å². The highest BCUT2D eigenvalue weighted by atomic mass is 127. The van der Waals surface area contributed by atoms with Gasteiger partial charge in [0.2, 0.25) is 0 Å². The van der Waals surface area contributed by atoms with Crippen molar-refractivity contribution in [1.82, 2.24) is 5.32 Å². The number of hydrogen-bond acceptors (Lipinski definition) is 1. The molecule has 2 bridgehead atoms. The van der Waals surface area contributed by atoms with Crippen LogP contribution in [0.25, 0.3) is 0 Å². The van der Waals surface area contributed by atoms with Crippen molar-refractivity contribution in [3.8, 4) is 0 Å². The molecule has 0 radical (unpaired) electrons. The lowest BCUT2D eigenvalue weighted by molar-refractivity contribution is 0.0901. The minimum Gasteiger partial charge on any atom is -0.349 e. The van der Waals surface area contributed by atoms with Crippen LogP contribution in [0, 0.1) is 27.2 Å². The van der Waals surface area contributed by atoms with Crippen molar-refractivity contribution in [2.24, 2.45) is 23.7 Å². The molecule has 1 amide bonds. The topological polar surface area (TPSA) is 29.1 Å². The van der Waals surface area contributed by atoms with Crippen molar-refractivity contribution in [3.63, 3.8) is 0 Å². The number of halogens is 2. The van der Waals surface area contributed by atoms with E-state index < -0.39 is 0 Å². The van der Waals surface area contributed by atoms with Gasteiger partial charge in [0.1, 0.15) is 0 Å². The molecule has 112 valence electrons. The maximum atomic E-state index is 12.5. The van der Waals surface area contributed by atoms with Crippen LogP contribution in [0.15, 0.2) is 18.2 Å². The van der Waals surface area contributed by atoms with E-state index in [1.807, 2.05) is 12.1 Å². The number of carbonyl (C=O) groups is 1. The van der Waals surface area contributed by atoms with Crippen LogP contribution in [-0.2, 0) is 0 Å². The fourth-order valence-electron chi connectivity index (χ4n) is 5.12. The maximum absolute atomic E-state index is 12.5. The quantitative estimate of drug-likeness (QED) is 0.708. The molecule has 4 heteroatoms. The van der Waals surface area contributed by atoms with Crippen molar-refractivity contribution in [2.75, 3.05) is 0 Å². The average Bonchev–Trinajstić information content (AvgIpc) is 3.13. The molecule has 0 heterocycles. The number of amides is 1. The van der Waals surface area contributed by atoms with Crippen LogP contribution < -0.4 is 5.32 Å². The summed E-state index contributed by atoms with van der Waals surface area (Å²) in [4.78, 5) is 12.5. The second kappa shape index (κ2) is 5.41. The van der Waals surface area contributed by atoms with Gasteiger partial charge in [-0.3, -0.25) is 4.79 Å². The van der Waals surface area contributed by atoms with Crippen molar-refractivity contribution in [2.45, 2.75) is 38.1 Å². The van der Waals surface area contributed by atoms with Crippen LogP contribution in [-0.4, -0.2) is 11.9 Å². The van der Waals surface area contributed by atoms with Crippen molar-refractivity contribution < 1.29 is 4.79 Å². The molecule has 0 aliphatic heterocycles. The molecular formula is C17H19ClINO. The summed E-state index contributed by atoms with van der Waals surface area (Å²) in [6.07, 6.45) is 6.74. The van der Waals surface area contributed by atoms with Crippen LogP contribution in [0.4, 0.5) is 0 Å². The van der Waals surface area contributed by atoms with E-state index in [1.54, 1.807) is 6.07 Å². The summed E-state index contributed by atoms with van der Waals surface area (Å²) in [6.45, 7) is 0. The Morgan fingerprint density at radius 3 is 2.81 bits per heavy atom. The molecule has 3 fully saturated rings. The summed E-state index contributed by atoms with van der Waals surface area (Å²) in [5, 5.41) is 3.95. The number of nitrogens with one attached hydrogen (secondary N) is 1. The Balaban J connectivity index is 1.47. The fraction of sp³-hybridized carbons (Fsp3) is 0.588. The number of carbonyl (C=O) groups excluding carboxylic acids is 1. The van der Waals surface area contributed by atoms with E-state index in [9.17, 15) is 4.79 Å². The Kier molecular flexibility index (Phi) is 3.69. The number of hydrogen-bond donors (Lipinski definition) is 1. The lowest BCUT2D eigenvalue weighted by atomic mass is 9.79. The molecule has 1 aromatic rings. The van der Waals surface area contributed by atoms with Gasteiger partial charge in [0.25, 0.3) is 5.91 Å². The Labute approximate surface area is 144 Å². The highest BCUT2D eigenvalue weighted by Crippen LogP contribution is 2.58. The minimum atomic E-state index is 0.0420. The first kappa shape index (κ1) is 14.3. The number of fused-ring (bicyclic) bond motifs is 5. The van der Waals surface area contributed by atoms with E-state index in [4.69, 9.17) is 11.6 Å². The van der Waals surface area contributed by atoms with E-state index in [-0.39, 0.29) is 5.91 Å². The average molecular weight is 416 g/mol. The molecule has 4 rings (SSSR count). The van der Waals surface area contributed by atoms with Crippen LogP contribution >= 0.6 is 34.2 Å². The van der Waals surface area contributed by atoms with Gasteiger partial charge in [0.15, 0.2) is 0 Å². The Bertz CT molecular complexity index is 590. The van der Waals surface area contributed by atoms with Crippen LogP contribution in [0.2, 0.25) is 5.02 Å². The van der Waals surface area contributed by atoms with Crippen LogP contribution in [0.5, 0.6) is 0 Å². The van der Waals surface area contributed by atoms with Crippen molar-refractivity contribution in [1.29, 1.82) is 0 Å². The van der Waals surface area contributed by atoms with Gasteiger partial charge in [-0.25, -0.2) is 0 Å². The van der Waals surface area contributed by atoms with E-state index in [2.05, 4.69) is 27.9 Å². The van der Waals surface area contributed by atoms with Crippen LogP contribution in [0.3, 0.4) is 0 Å². The van der Waals surface area contributed by atoms with Gasteiger partial charge in [-0.1, -0.05) is 18.0 Å². The first-order chi connectivity index (χ1) is 10.1. The Hall–Kier alpha value is -0.290. The SMILES string of the molecule is O=C(NC1CC2CC1C1CCCC21)c1ccc(I)c(Cl)c1. The summed E-state index contributed by atoms with van der Waals surface area (Å²) < 4.78 is 0.986. The molecule has 5 atom stereocenters. The van der Waals surface area contributed by atoms with E-state index >= 15 is 0 Å². The second-order valence-corrected chi connectivity index (χ2v) is 8.43. The standard InChI is InChI=1S/C17H19ClINO/c18-14-7-9(4-5-15(14)19)17(21)20-16-8-10-6-13(16)12-3-1-2-11(10)12/h4-5,7,10-13,16H,1-3,6,8H2,(H,20,21). The third-order valence-electron chi connectivity index (χ3n) is 5.93. The summed E-state index contributed by atoms with van der Waals surface area (Å²) in [5.41, 5.74) is 0.686. The third-order valence-corrected chi connectivity index (χ3v) is 7.50. The molecule has 3 aliphatic carbocycles. The highest BCUT2D eigenvalue weighted by molar-refractivity contribution is 14.1. The van der Waals surface area contributed by atoms with Gasteiger partial charge >= 0.3 is 0 Å². The monoisotopic (exact) mass is 415 g/mol. The molecule has 3 aliphatic rings. The molecule has 1 aromatic carbocycles. The first-order valence-electron chi connectivity index (χ1n) is 7.89. The zero-order chi connectivity index (χ0) is 14.6. The molecule has 0 spiro atoms. The summed E-state index contributed by atoms with van der Waals surface area (Å²) >= 11 is 8.31. The third kappa shape index (κ3) is 2.40. The van der Waals surface area contributed by atoms with E-state index in [1.165, 1.54) is 32.1 Å². The van der Waals surface area contributed by atoms with Gasteiger partial charge in [-0.2, -0.15) is 0 Å². The molecule has 1 N–H and O–H groups in total. The summed E-state index contributed by atoms with van der Waals surface area (Å²) in [5.74, 6) is 3.49. The molecule has 21 heavy (non-hydrogen) atoms. The van der Waals surface area contributed by atoms with Gasteiger partial charge in [-0.05, 0) is 90.1 Å². The van der Waals surface area contributed by atoms with E-state index in [0.717, 1.165) is 27.2 Å². The van der Waals surface area contributed by atoms with Crippen molar-refractivity contribution in [3.05, 3.63) is 32.4 Å². The maximum Gasteiger partial charge on any atom is 0.251 e. The predicted molar refractivity (Wildman–Crippen MR) is 92.5 cm³/mol. The zero-order valence-electron chi connectivity index (χ0n) is 11.8. The Morgan fingerprint density at radius 1 is 1.19 bits per heavy atom. The zero-order valence-corrected chi connectivity index (χ0v) is 14.7. The normalized spacial score (nSPS) is 36.8. The van der Waals surface area contributed by atoms with Crippen LogP contribution in [0.1, 0.15) is 42.5 Å². The van der Waals surface area contributed by atoms with Crippen molar-refractivity contribution >= 4 is 40.1 Å². The minimum absolute atomic E-state index is 0.0420. The van der Waals surface area contributed by atoms with Gasteiger partial charge in [0.05, 0.1) is 5.02 Å². The first-order valence-corrected chi connectivity index (χ1v) is 9.35. The molecule has 0 aromatic heterocycles. The molecule has 0 saturated heterocycles. The Morgan fingerprint density at radius 2 is 2.00 bits per heavy atom. The summed E-state index contributed by atoms with van der Waals surface area (Å²) in [6, 6.07) is 5.95. The summed E-state index contributed by atoms with van der Waals surface area (Å²) in [7, 11) is 0. The fourth-order valence-corrected chi connectivity index (χ4v) is 5.64. The second-order valence-electron chi connectivity index (χ2n) is 6.86. The van der Waals surface area contributed by atoms with Gasteiger partial charge < -0.3 is 5.32 Å². The number of rotatable bonds is 2.